The van der Waals surface area contributed by atoms with E-state index in [-0.39, 0.29) is 35.4 Å². The van der Waals surface area contributed by atoms with Crippen LogP contribution in [0.2, 0.25) is 0 Å². The van der Waals surface area contributed by atoms with Gasteiger partial charge < -0.3 is 52.0 Å². The molecule has 0 aromatic heterocycles. The van der Waals surface area contributed by atoms with Gasteiger partial charge in [-0.2, -0.15) is 0 Å². The highest BCUT2D eigenvalue weighted by Crippen LogP contribution is 2.35. The summed E-state index contributed by atoms with van der Waals surface area (Å²) >= 11 is 0. The molecule has 16 heteroatoms. The molecule has 6 amide bonds. The van der Waals surface area contributed by atoms with Gasteiger partial charge in [-0.1, -0.05) is 123 Å². The standard InChI is InChI=1S/C60H70N8O8/c1-35(61-3)55(69)63-47(59(73)67-53-43-25-17-15-23-41(43)31-49(53)65-57(71)45-29-37-19-11-13-21-39(37)33-51(45)75-5)27-9-7-8-10-28-48(64-56(70)36(2)62-4)60(74)68-54-44-26-18-16-24-42(44)32-50(54)66-58(72)46-30-38-20-12-14-22-40(38)34-52(46)76-6/h11-26,29-30,33-36,47-50,53-54,61-62H,7-10,27-28,31-32H2,1-6H3,(H,63,69)(H,64,70)(H,65,71)(H,66,72)(H,67,73)(H,68,74). The van der Waals surface area contributed by atoms with E-state index < -0.39 is 48.3 Å². The van der Waals surface area contributed by atoms with Crippen LogP contribution >= 0.6 is 0 Å². The molecule has 0 fully saturated rings. The van der Waals surface area contributed by atoms with Crippen LogP contribution in [0.15, 0.2) is 121 Å². The lowest BCUT2D eigenvalue weighted by Gasteiger charge is -2.27. The van der Waals surface area contributed by atoms with E-state index in [9.17, 15) is 28.8 Å². The van der Waals surface area contributed by atoms with Crippen LogP contribution in [0.4, 0.5) is 0 Å². The Labute approximate surface area is 444 Å². The van der Waals surface area contributed by atoms with Crippen molar-refractivity contribution in [3.8, 4) is 11.5 Å². The predicted octanol–water partition coefficient (Wildman–Crippen LogP) is 6.26. The lowest BCUT2D eigenvalue weighted by Crippen LogP contribution is -2.53. The third-order valence-corrected chi connectivity index (χ3v) is 15.0. The van der Waals surface area contributed by atoms with Gasteiger partial charge in [0.2, 0.25) is 23.6 Å². The average molecular weight is 1030 g/mol. The Kier molecular flexibility index (Phi) is 18.0. The Balaban J connectivity index is 0.919. The number of rotatable bonds is 23. The first kappa shape index (κ1) is 54.4. The third kappa shape index (κ3) is 12.6. The van der Waals surface area contributed by atoms with Crippen LogP contribution in [0, 0.1) is 0 Å². The molecular weight excluding hydrogens is 961 g/mol. The Hall–Kier alpha value is -7.82. The maximum Gasteiger partial charge on any atom is 0.255 e. The number of carbonyl (C=O) groups is 6. The van der Waals surface area contributed by atoms with Crippen LogP contribution in [0.25, 0.3) is 21.5 Å². The summed E-state index contributed by atoms with van der Waals surface area (Å²) in [7, 11) is 6.41. The van der Waals surface area contributed by atoms with E-state index in [1.54, 1.807) is 27.9 Å². The van der Waals surface area contributed by atoms with Crippen LogP contribution in [-0.2, 0) is 32.0 Å². The molecule has 0 saturated carbocycles. The molecule has 8 unspecified atom stereocenters. The van der Waals surface area contributed by atoms with Crippen LogP contribution in [0.5, 0.6) is 11.5 Å². The van der Waals surface area contributed by atoms with Crippen LogP contribution in [0.3, 0.4) is 0 Å². The van der Waals surface area contributed by atoms with Crippen molar-refractivity contribution in [2.45, 2.75) is 114 Å². The highest BCUT2D eigenvalue weighted by atomic mass is 16.5. The number of amides is 6. The van der Waals surface area contributed by atoms with Gasteiger partial charge in [0.1, 0.15) is 23.6 Å². The zero-order valence-electron chi connectivity index (χ0n) is 44.1. The minimum Gasteiger partial charge on any atom is -0.496 e. The van der Waals surface area contributed by atoms with Crippen molar-refractivity contribution in [2.75, 3.05) is 28.3 Å². The van der Waals surface area contributed by atoms with E-state index in [0.29, 0.717) is 74.0 Å². The molecule has 0 saturated heterocycles. The zero-order chi connectivity index (χ0) is 53.9. The van der Waals surface area contributed by atoms with Crippen LogP contribution in [0.1, 0.15) is 107 Å². The molecule has 0 bridgehead atoms. The van der Waals surface area contributed by atoms with Gasteiger partial charge in [-0.15, -0.1) is 0 Å². The molecule has 76 heavy (non-hydrogen) atoms. The van der Waals surface area contributed by atoms with Gasteiger partial charge in [-0.25, -0.2) is 0 Å². The van der Waals surface area contributed by atoms with Crippen molar-refractivity contribution in [3.05, 3.63) is 155 Å². The number of hydrogen-bond acceptors (Lipinski definition) is 10. The van der Waals surface area contributed by atoms with Crippen molar-refractivity contribution in [2.24, 2.45) is 0 Å². The molecule has 0 aliphatic heterocycles. The summed E-state index contributed by atoms with van der Waals surface area (Å²) in [6.45, 7) is 3.44. The Morgan fingerprint density at radius 1 is 0.474 bits per heavy atom. The SMILES string of the molecule is CNC(C)C(=O)NC(CCCCCCC(NC(=O)C(C)NC)C(=O)NC1c2ccccc2CC1NC(=O)c1cc2ccccc2cc1OC)C(=O)NC1c2ccccc2CC1NC(=O)c1cc2ccccc2cc1OC. The zero-order valence-corrected chi connectivity index (χ0v) is 44.1. The molecule has 16 nitrogen and oxygen atoms in total. The second-order valence-corrected chi connectivity index (χ2v) is 19.9. The van der Waals surface area contributed by atoms with Gasteiger partial charge in [0.05, 0.1) is 61.6 Å². The maximum absolute atomic E-state index is 14.4. The molecule has 6 aromatic carbocycles. The summed E-state index contributed by atoms with van der Waals surface area (Å²) in [4.78, 5) is 83.6. The molecule has 8 atom stereocenters. The number of methoxy groups -OCH3 is 2. The Morgan fingerprint density at radius 3 is 1.20 bits per heavy atom. The van der Waals surface area contributed by atoms with E-state index in [4.69, 9.17) is 9.47 Å². The molecule has 8 N–H and O–H groups in total. The fourth-order valence-corrected chi connectivity index (χ4v) is 10.4. The summed E-state index contributed by atoms with van der Waals surface area (Å²) in [5.74, 6) is -1.21. The largest absolute Gasteiger partial charge is 0.496 e. The van der Waals surface area contributed by atoms with Crippen molar-refractivity contribution in [1.29, 1.82) is 0 Å². The highest BCUT2D eigenvalue weighted by molar-refractivity contribution is 6.03. The van der Waals surface area contributed by atoms with Crippen molar-refractivity contribution < 1.29 is 38.2 Å². The number of hydrogen-bond donors (Lipinski definition) is 8. The van der Waals surface area contributed by atoms with E-state index >= 15 is 0 Å². The quantitative estimate of drug-likeness (QED) is 0.0337. The van der Waals surface area contributed by atoms with Crippen molar-refractivity contribution in [1.82, 2.24) is 42.5 Å². The number of nitrogens with one attached hydrogen (secondary N) is 8. The fraction of sp³-hybridized carbons (Fsp3) is 0.367. The summed E-state index contributed by atoms with van der Waals surface area (Å²) in [5.41, 5.74) is 4.51. The number of unbranched alkanes of at least 4 members (excludes halogenated alkanes) is 3. The summed E-state index contributed by atoms with van der Waals surface area (Å²) in [6, 6.07) is 33.3. The molecule has 0 heterocycles. The number of ether oxygens (including phenoxy) is 2. The van der Waals surface area contributed by atoms with Crippen molar-refractivity contribution >= 4 is 57.0 Å². The normalized spacial score (nSPS) is 18.0. The lowest BCUT2D eigenvalue weighted by atomic mass is 10.0. The van der Waals surface area contributed by atoms with Crippen LogP contribution in [-0.4, -0.2) is 100 Å². The van der Waals surface area contributed by atoms with E-state index in [0.717, 1.165) is 43.8 Å². The molecule has 2 aliphatic rings. The first-order chi connectivity index (χ1) is 36.8. The monoisotopic (exact) mass is 1030 g/mol. The first-order valence-electron chi connectivity index (χ1n) is 26.3. The summed E-state index contributed by atoms with van der Waals surface area (Å²) in [5, 5.41) is 28.3. The summed E-state index contributed by atoms with van der Waals surface area (Å²) in [6.07, 6.45) is 4.08. The number of fused-ring (bicyclic) bond motifs is 4. The van der Waals surface area contributed by atoms with Gasteiger partial charge in [0.25, 0.3) is 11.8 Å². The summed E-state index contributed by atoms with van der Waals surface area (Å²) < 4.78 is 11.3. The molecule has 6 aromatic rings. The van der Waals surface area contributed by atoms with Gasteiger partial charge in [-0.3, -0.25) is 28.8 Å². The maximum atomic E-state index is 14.4. The average Bonchev–Trinajstić information content (AvgIpc) is 3.97. The number of likely N-dealkylation sites (N-methyl/N-ethyl adjacent to an activating group) is 2. The highest BCUT2D eigenvalue weighted by Gasteiger charge is 2.39. The van der Waals surface area contributed by atoms with Gasteiger partial charge in [-0.05, 0) is 122 Å². The van der Waals surface area contributed by atoms with Crippen LogP contribution < -0.4 is 52.0 Å². The smallest absolute Gasteiger partial charge is 0.255 e. The number of benzene rings is 6. The molecular formula is C60H70N8O8. The Morgan fingerprint density at radius 2 is 0.829 bits per heavy atom. The molecule has 2 aliphatic carbocycles. The second kappa shape index (κ2) is 25.1. The van der Waals surface area contributed by atoms with Gasteiger partial charge >= 0.3 is 0 Å². The predicted molar refractivity (Wildman–Crippen MR) is 294 cm³/mol. The van der Waals surface area contributed by atoms with E-state index in [2.05, 4.69) is 42.5 Å². The molecule has 398 valence electrons. The first-order valence-corrected chi connectivity index (χ1v) is 26.3. The minimum atomic E-state index is -0.890. The van der Waals surface area contributed by atoms with Gasteiger partial charge in [0, 0.05) is 0 Å². The molecule has 8 rings (SSSR count). The van der Waals surface area contributed by atoms with Gasteiger partial charge in [0.15, 0.2) is 0 Å². The molecule has 0 spiro atoms. The molecule has 0 radical (unpaired) electrons. The van der Waals surface area contributed by atoms with Crippen molar-refractivity contribution in [3.63, 3.8) is 0 Å². The topological polar surface area (TPSA) is 217 Å². The Bertz CT molecular complexity index is 2890. The van der Waals surface area contributed by atoms with E-state index in [1.807, 2.05) is 121 Å². The minimum absolute atomic E-state index is 0.327. The second-order valence-electron chi connectivity index (χ2n) is 19.9. The third-order valence-electron chi connectivity index (χ3n) is 15.0. The lowest BCUT2D eigenvalue weighted by molar-refractivity contribution is -0.130. The fourth-order valence-electron chi connectivity index (χ4n) is 10.4. The number of carbonyl (C=O) groups excluding carboxylic acids is 6. The van der Waals surface area contributed by atoms with E-state index in [1.165, 1.54) is 14.2 Å².